The van der Waals surface area contributed by atoms with E-state index in [4.69, 9.17) is 4.74 Å². The molecule has 1 aliphatic heterocycles. The van der Waals surface area contributed by atoms with E-state index in [-0.39, 0.29) is 35.1 Å². The largest absolute Gasteiger partial charge is 0.508 e. The van der Waals surface area contributed by atoms with Crippen molar-refractivity contribution in [1.29, 1.82) is 0 Å². The van der Waals surface area contributed by atoms with Crippen LogP contribution >= 0.6 is 0 Å². The summed E-state index contributed by atoms with van der Waals surface area (Å²) < 4.78 is 5.84. The summed E-state index contributed by atoms with van der Waals surface area (Å²) in [6.07, 6.45) is 4.72. The Balaban J connectivity index is 1.42. The molecule has 5 heteroatoms. The minimum Gasteiger partial charge on any atom is -0.508 e. The second kappa shape index (κ2) is 7.77. The van der Waals surface area contributed by atoms with E-state index in [0.29, 0.717) is 24.6 Å². The van der Waals surface area contributed by atoms with E-state index >= 15 is 0 Å². The lowest BCUT2D eigenvalue weighted by molar-refractivity contribution is -0.146. The van der Waals surface area contributed by atoms with Crippen LogP contribution in [0.15, 0.2) is 36.4 Å². The lowest BCUT2D eigenvalue weighted by atomic mass is 9.55. The average molecular weight is 400 g/mol. The molecule has 0 unspecified atom stereocenters. The predicted molar refractivity (Wildman–Crippen MR) is 111 cm³/mol. The van der Waals surface area contributed by atoms with Gasteiger partial charge >= 0.3 is 5.97 Å². The molecule has 2 aliphatic carbocycles. The molecule has 0 bridgehead atoms. The molecule has 29 heavy (non-hydrogen) atoms. The van der Waals surface area contributed by atoms with Gasteiger partial charge in [0.05, 0.1) is 12.0 Å². The summed E-state index contributed by atoms with van der Waals surface area (Å²) in [6.45, 7) is 7.67. The van der Waals surface area contributed by atoms with Gasteiger partial charge in [0.25, 0.3) is 0 Å². The summed E-state index contributed by atoms with van der Waals surface area (Å²) in [5.41, 5.74) is 2.24. The first-order valence-corrected chi connectivity index (χ1v) is 10.8. The Morgan fingerprint density at radius 2 is 2.21 bits per heavy atom. The molecule has 3 fully saturated rings. The first-order valence-electron chi connectivity index (χ1n) is 10.8. The number of aliphatic hydroxyl groups excluding tert-OH is 1. The number of allylic oxidation sites excluding steroid dienone is 1. The summed E-state index contributed by atoms with van der Waals surface area (Å²) in [6, 6.07) is 6.69. The summed E-state index contributed by atoms with van der Waals surface area (Å²) in [5.74, 6) is 0.616. The topological polar surface area (TPSA) is 70.0 Å². The summed E-state index contributed by atoms with van der Waals surface area (Å²) in [4.78, 5) is 14.7. The van der Waals surface area contributed by atoms with Crippen LogP contribution in [0.3, 0.4) is 0 Å². The van der Waals surface area contributed by atoms with Crippen LogP contribution in [0.25, 0.3) is 0 Å². The highest BCUT2D eigenvalue weighted by Crippen LogP contribution is 2.56. The number of likely N-dealkylation sites (N-methyl/N-ethyl adjacent to an activating group) is 1. The van der Waals surface area contributed by atoms with Crippen molar-refractivity contribution in [1.82, 2.24) is 4.90 Å². The Labute approximate surface area is 173 Å². The Bertz CT molecular complexity index is 793. The molecule has 4 rings (SSSR count). The first-order chi connectivity index (χ1) is 13.8. The quantitative estimate of drug-likeness (QED) is 0.584. The van der Waals surface area contributed by atoms with Gasteiger partial charge in [-0.15, -0.1) is 0 Å². The number of aliphatic hydroxyl groups is 1. The summed E-state index contributed by atoms with van der Waals surface area (Å²) in [5, 5.41) is 20.2. The third-order valence-electron chi connectivity index (χ3n) is 7.57. The SMILES string of the molecule is C=C1CCC[C@]2(C)C[C@H]3OC(=O)[C@H](CN(C)C[C@H](O)c4cccc(O)c4)[C@@H]3C[C@@H]12. The standard InChI is InChI=1S/C24H33NO4/c1-15-6-5-9-24(2)12-22-18(11-20(15)24)19(23(28)29-22)13-25(3)14-21(27)16-7-4-8-17(26)10-16/h4,7-8,10,18-22,26-27H,1,5-6,9,11-14H2,2-3H3/t18-,19+,20-,21-,22+,24+/m0/s1. The number of benzene rings is 1. The van der Waals surface area contributed by atoms with Crippen LogP contribution in [-0.2, 0) is 9.53 Å². The van der Waals surface area contributed by atoms with E-state index in [2.05, 4.69) is 13.5 Å². The van der Waals surface area contributed by atoms with Crippen LogP contribution in [0.5, 0.6) is 5.75 Å². The third-order valence-corrected chi connectivity index (χ3v) is 7.57. The second-order valence-electron chi connectivity index (χ2n) is 9.74. The molecule has 0 aromatic heterocycles. The van der Waals surface area contributed by atoms with Gasteiger partial charge in [-0.25, -0.2) is 0 Å². The molecule has 0 spiro atoms. The fourth-order valence-corrected chi connectivity index (χ4v) is 6.01. The molecule has 158 valence electrons. The van der Waals surface area contributed by atoms with Gasteiger partial charge in [-0.2, -0.15) is 0 Å². The van der Waals surface area contributed by atoms with Gasteiger partial charge in [0.1, 0.15) is 11.9 Å². The van der Waals surface area contributed by atoms with Gasteiger partial charge < -0.3 is 19.8 Å². The third kappa shape index (κ3) is 3.95. The molecule has 0 radical (unpaired) electrons. The van der Waals surface area contributed by atoms with Crippen molar-refractivity contribution in [2.24, 2.45) is 23.2 Å². The van der Waals surface area contributed by atoms with Gasteiger partial charge in [-0.1, -0.05) is 31.2 Å². The molecule has 2 saturated carbocycles. The number of rotatable bonds is 5. The number of nitrogens with zero attached hydrogens (tertiary/aromatic N) is 1. The maximum absolute atomic E-state index is 12.7. The highest BCUT2D eigenvalue weighted by atomic mass is 16.6. The van der Waals surface area contributed by atoms with E-state index < -0.39 is 6.10 Å². The maximum atomic E-state index is 12.7. The molecule has 6 atom stereocenters. The van der Waals surface area contributed by atoms with Gasteiger partial charge in [0.2, 0.25) is 0 Å². The lowest BCUT2D eigenvalue weighted by Crippen LogP contribution is -2.45. The summed E-state index contributed by atoms with van der Waals surface area (Å²) in [7, 11) is 1.93. The molecule has 0 amide bonds. The number of phenolic OH excluding ortho intramolecular Hbond substituents is 1. The smallest absolute Gasteiger partial charge is 0.310 e. The number of ether oxygens (including phenoxy) is 1. The predicted octanol–water partition coefficient (Wildman–Crippen LogP) is 3.67. The van der Waals surface area contributed by atoms with Crippen molar-refractivity contribution in [3.8, 4) is 5.75 Å². The van der Waals surface area contributed by atoms with Crippen molar-refractivity contribution < 1.29 is 19.7 Å². The van der Waals surface area contributed by atoms with Crippen LogP contribution in [0.4, 0.5) is 0 Å². The molecule has 1 aromatic carbocycles. The van der Waals surface area contributed by atoms with Crippen molar-refractivity contribution in [2.75, 3.05) is 20.1 Å². The van der Waals surface area contributed by atoms with Crippen molar-refractivity contribution in [3.63, 3.8) is 0 Å². The molecule has 1 heterocycles. The van der Waals surface area contributed by atoms with Crippen LogP contribution in [-0.4, -0.2) is 47.3 Å². The molecule has 3 aliphatic rings. The Morgan fingerprint density at radius 1 is 1.41 bits per heavy atom. The molecular formula is C24H33NO4. The number of hydrogen-bond acceptors (Lipinski definition) is 5. The van der Waals surface area contributed by atoms with Crippen LogP contribution < -0.4 is 0 Å². The van der Waals surface area contributed by atoms with Gasteiger partial charge in [-0.3, -0.25) is 4.79 Å². The fraction of sp³-hybridized carbons (Fsp3) is 0.625. The van der Waals surface area contributed by atoms with E-state index in [0.717, 1.165) is 19.3 Å². The van der Waals surface area contributed by atoms with E-state index in [1.807, 2.05) is 11.9 Å². The number of esters is 1. The van der Waals surface area contributed by atoms with E-state index in [1.165, 1.54) is 18.4 Å². The number of fused-ring (bicyclic) bond motifs is 2. The molecule has 1 saturated heterocycles. The zero-order valence-corrected chi connectivity index (χ0v) is 17.5. The first kappa shape index (κ1) is 20.4. The number of carbonyl (C=O) groups excluding carboxylic acids is 1. The molecular weight excluding hydrogens is 366 g/mol. The highest BCUT2D eigenvalue weighted by Gasteiger charge is 2.55. The Hall–Kier alpha value is -1.85. The molecule has 1 aromatic rings. The van der Waals surface area contributed by atoms with Gasteiger partial charge in [0, 0.05) is 19.0 Å². The Kier molecular flexibility index (Phi) is 5.47. The van der Waals surface area contributed by atoms with Crippen LogP contribution in [0.2, 0.25) is 0 Å². The monoisotopic (exact) mass is 399 g/mol. The molecule has 5 nitrogen and oxygen atoms in total. The lowest BCUT2D eigenvalue weighted by Gasteiger charge is -2.50. The molecule has 2 N–H and O–H groups in total. The number of hydrogen-bond donors (Lipinski definition) is 2. The number of phenols is 1. The highest BCUT2D eigenvalue weighted by molar-refractivity contribution is 5.75. The van der Waals surface area contributed by atoms with Crippen molar-refractivity contribution in [2.45, 2.75) is 51.2 Å². The van der Waals surface area contributed by atoms with Gasteiger partial charge in [0.15, 0.2) is 0 Å². The van der Waals surface area contributed by atoms with Gasteiger partial charge in [-0.05, 0) is 68.2 Å². The van der Waals surface area contributed by atoms with Crippen molar-refractivity contribution in [3.05, 3.63) is 42.0 Å². The summed E-state index contributed by atoms with van der Waals surface area (Å²) >= 11 is 0. The minimum atomic E-state index is -0.715. The van der Waals surface area contributed by atoms with E-state index in [1.54, 1.807) is 24.3 Å². The fourth-order valence-electron chi connectivity index (χ4n) is 6.01. The zero-order valence-electron chi connectivity index (χ0n) is 17.5. The number of aromatic hydroxyl groups is 1. The normalized spacial score (nSPS) is 35.2. The van der Waals surface area contributed by atoms with Crippen LogP contribution in [0, 0.1) is 23.2 Å². The number of carbonyl (C=O) groups is 1. The Morgan fingerprint density at radius 3 is 2.97 bits per heavy atom. The second-order valence-corrected chi connectivity index (χ2v) is 9.74. The maximum Gasteiger partial charge on any atom is 0.310 e. The van der Waals surface area contributed by atoms with Crippen molar-refractivity contribution >= 4 is 5.97 Å². The minimum absolute atomic E-state index is 0.0176. The zero-order chi connectivity index (χ0) is 20.8. The van der Waals surface area contributed by atoms with E-state index in [9.17, 15) is 15.0 Å². The average Bonchev–Trinajstić information content (AvgIpc) is 2.94. The van der Waals surface area contributed by atoms with Crippen LogP contribution in [0.1, 0.15) is 50.7 Å².